The van der Waals surface area contributed by atoms with Gasteiger partial charge >= 0.3 is 12.2 Å². The zero-order valence-electron chi connectivity index (χ0n) is 30.2. The van der Waals surface area contributed by atoms with E-state index in [1.807, 2.05) is 0 Å². The largest absolute Gasteiger partial charge is 0.514 e. The lowest BCUT2D eigenvalue weighted by Gasteiger charge is -2.25. The van der Waals surface area contributed by atoms with Crippen LogP contribution in [0.4, 0.5) is 21.0 Å². The van der Waals surface area contributed by atoms with E-state index >= 15 is 0 Å². The second kappa shape index (κ2) is 25.3. The van der Waals surface area contributed by atoms with Crippen LogP contribution in [0.25, 0.3) is 0 Å². The Hall–Kier alpha value is -5.73. The van der Waals surface area contributed by atoms with E-state index in [0.29, 0.717) is 50.6 Å². The normalized spacial score (nSPS) is 11.8. The van der Waals surface area contributed by atoms with E-state index in [0.717, 1.165) is 0 Å². The van der Waals surface area contributed by atoms with Gasteiger partial charge in [-0.25, -0.2) is 15.1 Å². The van der Waals surface area contributed by atoms with Crippen molar-refractivity contribution in [2.75, 3.05) is 58.0 Å². The molecular formula is C34H48N8O12. The maximum Gasteiger partial charge on any atom is 0.514 e. The van der Waals surface area contributed by atoms with Gasteiger partial charge in [-0.2, -0.15) is 5.11 Å². The number of anilines is 1. The molecule has 0 unspecified atom stereocenters. The Labute approximate surface area is 311 Å². The summed E-state index contributed by atoms with van der Waals surface area (Å²) in [5.74, 6) is -1.83. The van der Waals surface area contributed by atoms with Crippen molar-refractivity contribution in [2.45, 2.75) is 51.8 Å². The van der Waals surface area contributed by atoms with Crippen LogP contribution in [-0.4, -0.2) is 99.6 Å². The lowest BCUT2D eigenvalue weighted by atomic mass is 10.0. The Morgan fingerprint density at radius 1 is 0.870 bits per heavy atom. The maximum atomic E-state index is 13.4. The van der Waals surface area contributed by atoms with Crippen LogP contribution in [0.2, 0.25) is 0 Å². The van der Waals surface area contributed by atoms with Crippen LogP contribution in [0.15, 0.2) is 53.6 Å². The van der Waals surface area contributed by atoms with Gasteiger partial charge in [0.15, 0.2) is 0 Å². The number of amides is 5. The predicted octanol–water partition coefficient (Wildman–Crippen LogP) is 2.79. The van der Waals surface area contributed by atoms with Gasteiger partial charge in [0, 0.05) is 30.8 Å². The van der Waals surface area contributed by atoms with Crippen LogP contribution in [-0.2, 0) is 39.9 Å². The molecule has 2 rings (SSSR count). The molecule has 0 saturated carbocycles. The number of nitrogens with one attached hydrogen (secondary N) is 5. The molecule has 2 aromatic rings. The zero-order valence-corrected chi connectivity index (χ0v) is 30.2. The van der Waals surface area contributed by atoms with Crippen LogP contribution >= 0.6 is 0 Å². The topological polar surface area (TPSA) is 285 Å². The van der Waals surface area contributed by atoms with Crippen molar-refractivity contribution >= 4 is 41.3 Å². The fourth-order valence-corrected chi connectivity index (χ4v) is 4.46. The molecule has 5 amide bonds. The van der Waals surface area contributed by atoms with E-state index in [4.69, 9.17) is 34.9 Å². The van der Waals surface area contributed by atoms with Crippen molar-refractivity contribution in [1.82, 2.24) is 16.0 Å². The number of primary amides is 1. The second-order valence-corrected chi connectivity index (χ2v) is 11.8. The number of non-ortho nitro benzene ring substituents is 1. The first-order chi connectivity index (χ1) is 25.9. The number of ether oxygens (including phenoxy) is 5. The molecule has 0 saturated heterocycles. The fraction of sp³-hybridized carbons (Fsp3) is 0.500. The monoisotopic (exact) mass is 760 g/mol. The fourth-order valence-electron chi connectivity index (χ4n) is 4.46. The minimum Gasteiger partial charge on any atom is -0.429 e. The average molecular weight is 761 g/mol. The van der Waals surface area contributed by atoms with E-state index in [-0.39, 0.29) is 56.6 Å². The minimum atomic E-state index is -1.05. The Morgan fingerprint density at radius 2 is 1.50 bits per heavy atom. The van der Waals surface area contributed by atoms with E-state index in [1.54, 1.807) is 38.1 Å². The molecule has 2 aromatic carbocycles. The molecule has 0 aliphatic heterocycles. The third-order valence-electron chi connectivity index (χ3n) is 7.26. The Kier molecular flexibility index (Phi) is 20.8. The number of benzene rings is 2. The van der Waals surface area contributed by atoms with Gasteiger partial charge in [-0.05, 0) is 48.6 Å². The number of rotatable bonds is 26. The van der Waals surface area contributed by atoms with E-state index < -0.39 is 46.9 Å². The van der Waals surface area contributed by atoms with Crippen LogP contribution in [0.5, 0.6) is 5.75 Å². The van der Waals surface area contributed by atoms with Gasteiger partial charge in [0.25, 0.3) is 5.69 Å². The summed E-state index contributed by atoms with van der Waals surface area (Å²) in [6, 6.07) is 8.45. The summed E-state index contributed by atoms with van der Waals surface area (Å²) in [5.41, 5.74) is 12.6. The number of hydrogen-bond donors (Lipinski definition) is 6. The molecule has 296 valence electrons. The zero-order chi connectivity index (χ0) is 39.7. The number of urea groups is 1. The first-order valence-electron chi connectivity index (χ1n) is 17.1. The number of carbonyl (C=O) groups is 5. The second-order valence-electron chi connectivity index (χ2n) is 11.8. The number of nitrogens with zero attached hydrogens (tertiary/aromatic N) is 2. The molecule has 0 aliphatic carbocycles. The molecular weight excluding hydrogens is 712 g/mol. The summed E-state index contributed by atoms with van der Waals surface area (Å²) < 4.78 is 26.1. The molecule has 20 heteroatoms. The molecule has 0 heterocycles. The van der Waals surface area contributed by atoms with Gasteiger partial charge in [0.1, 0.15) is 24.4 Å². The molecule has 54 heavy (non-hydrogen) atoms. The maximum absolute atomic E-state index is 13.4. The molecule has 7 N–H and O–H groups in total. The number of hydrogen-bond acceptors (Lipinski definition) is 14. The number of nitro benzene ring substituents is 1. The highest BCUT2D eigenvalue weighted by Crippen LogP contribution is 2.18. The number of carbonyl (C=O) groups excluding carboxylic acids is 5. The molecule has 2 atom stereocenters. The van der Waals surface area contributed by atoms with Crippen molar-refractivity contribution in [2.24, 2.45) is 16.8 Å². The van der Waals surface area contributed by atoms with Crippen LogP contribution in [0.3, 0.4) is 0 Å². The molecule has 0 aromatic heterocycles. The van der Waals surface area contributed by atoms with Crippen LogP contribution in [0.1, 0.15) is 38.7 Å². The van der Waals surface area contributed by atoms with Crippen molar-refractivity contribution in [3.05, 3.63) is 64.2 Å². The molecule has 0 bridgehead atoms. The van der Waals surface area contributed by atoms with Gasteiger partial charge in [0.2, 0.25) is 17.7 Å². The summed E-state index contributed by atoms with van der Waals surface area (Å²) in [4.78, 5) is 72.8. The quantitative estimate of drug-likeness (QED) is 0.0202. The SMILES string of the molecule is CC(C)[C@H](NC(=O)CCOCCOCCOCCN=N)C(=O)N[C@@H](CCCNC(N)=O)C(=O)Nc1ccc(COC(=O)Oc2ccc([N+](=O)[O-])cc2)cc1. The highest BCUT2D eigenvalue weighted by Gasteiger charge is 2.29. The van der Waals surface area contributed by atoms with Crippen molar-refractivity contribution in [3.8, 4) is 5.75 Å². The summed E-state index contributed by atoms with van der Waals surface area (Å²) in [7, 11) is 0. The third-order valence-corrected chi connectivity index (χ3v) is 7.26. The van der Waals surface area contributed by atoms with Crippen molar-refractivity contribution in [1.29, 1.82) is 5.53 Å². The van der Waals surface area contributed by atoms with E-state index in [9.17, 15) is 34.1 Å². The lowest BCUT2D eigenvalue weighted by molar-refractivity contribution is -0.384. The Bertz CT molecular complexity index is 1510. The Balaban J connectivity index is 1.88. The predicted molar refractivity (Wildman–Crippen MR) is 192 cm³/mol. The van der Waals surface area contributed by atoms with Gasteiger partial charge < -0.3 is 50.7 Å². The number of nitro groups is 1. The highest BCUT2D eigenvalue weighted by molar-refractivity contribution is 5.98. The van der Waals surface area contributed by atoms with Gasteiger partial charge in [-0.3, -0.25) is 24.5 Å². The van der Waals surface area contributed by atoms with Gasteiger partial charge in [0.05, 0.1) is 51.1 Å². The first-order valence-corrected chi connectivity index (χ1v) is 17.1. The summed E-state index contributed by atoms with van der Waals surface area (Å²) in [5, 5.41) is 24.5. The summed E-state index contributed by atoms with van der Waals surface area (Å²) in [6.45, 7) is 5.49. The first kappa shape index (κ1) is 44.4. The van der Waals surface area contributed by atoms with Crippen molar-refractivity contribution < 1.29 is 52.6 Å². The lowest BCUT2D eigenvalue weighted by Crippen LogP contribution is -2.54. The standard InChI is InChI=1S/C34H48N8O12/c1-23(2)30(41-29(43)13-16-50-18-20-52-21-19-51-17-15-38-36)32(45)40-28(4-3-14-37-33(35)46)31(44)39-25-7-5-24(6-8-25)22-53-34(47)54-27-11-9-26(10-12-27)42(48)49/h5-12,23,28,30,36H,3-4,13-22H2,1-2H3,(H,39,44)(H,40,45)(H,41,43)(H3,35,37,46)/t28-,30-/m0/s1. The van der Waals surface area contributed by atoms with Gasteiger partial charge in [-0.1, -0.05) is 26.0 Å². The average Bonchev–Trinajstić information content (AvgIpc) is 3.13. The highest BCUT2D eigenvalue weighted by atomic mass is 16.7. The minimum absolute atomic E-state index is 0.0130. The number of nitrogens with two attached hydrogens (primary N) is 1. The summed E-state index contributed by atoms with van der Waals surface area (Å²) in [6.07, 6.45) is -0.615. The molecule has 0 fully saturated rings. The van der Waals surface area contributed by atoms with Gasteiger partial charge in [-0.15, -0.1) is 0 Å². The molecule has 0 radical (unpaired) electrons. The third kappa shape index (κ3) is 18.7. The smallest absolute Gasteiger partial charge is 0.429 e. The Morgan fingerprint density at radius 3 is 2.09 bits per heavy atom. The molecule has 20 nitrogen and oxygen atoms in total. The van der Waals surface area contributed by atoms with Crippen LogP contribution in [0, 0.1) is 21.6 Å². The van der Waals surface area contributed by atoms with E-state index in [1.165, 1.54) is 24.3 Å². The van der Waals surface area contributed by atoms with E-state index in [2.05, 4.69) is 26.4 Å². The van der Waals surface area contributed by atoms with Crippen molar-refractivity contribution in [3.63, 3.8) is 0 Å². The molecule has 0 aliphatic rings. The van der Waals surface area contributed by atoms with Crippen LogP contribution < -0.4 is 31.7 Å². The summed E-state index contributed by atoms with van der Waals surface area (Å²) >= 11 is 0. The molecule has 0 spiro atoms.